The molecule has 0 atom stereocenters. The van der Waals surface area contributed by atoms with Gasteiger partial charge in [-0.15, -0.1) is 0 Å². The molecule has 0 bridgehead atoms. The van der Waals surface area contributed by atoms with Crippen molar-refractivity contribution in [3.63, 3.8) is 0 Å². The molecule has 2 aromatic heterocycles. The Kier molecular flexibility index (Phi) is 1.47. The molecule has 0 saturated heterocycles. The first-order valence-corrected chi connectivity index (χ1v) is 5.13. The minimum absolute atomic E-state index is 0.695. The van der Waals surface area contributed by atoms with Crippen molar-refractivity contribution in [1.82, 2.24) is 14.4 Å². The third-order valence-electron chi connectivity index (χ3n) is 2.35. The van der Waals surface area contributed by atoms with Crippen molar-refractivity contribution in [3.8, 4) is 0 Å². The van der Waals surface area contributed by atoms with Crippen LogP contribution in [0.2, 0.25) is 0 Å². The van der Waals surface area contributed by atoms with Crippen molar-refractivity contribution >= 4 is 21.7 Å². The number of imidazole rings is 1. The number of rotatable bonds is 1. The van der Waals surface area contributed by atoms with E-state index in [1.54, 1.807) is 6.20 Å². The van der Waals surface area contributed by atoms with E-state index in [1.807, 2.05) is 10.6 Å². The van der Waals surface area contributed by atoms with Gasteiger partial charge in [0.15, 0.2) is 0 Å². The summed E-state index contributed by atoms with van der Waals surface area (Å²) in [6, 6.07) is 2.08. The predicted octanol–water partition coefficient (Wildman–Crippen LogP) is 2.37. The number of nitrogens with zero attached hydrogens (tertiary/aromatic N) is 3. The monoisotopic (exact) mass is 237 g/mol. The molecule has 0 aromatic carbocycles. The van der Waals surface area contributed by atoms with Crippen LogP contribution >= 0.6 is 15.9 Å². The molecule has 3 rings (SSSR count). The Morgan fingerprint density at radius 3 is 3.08 bits per heavy atom. The Hall–Kier alpha value is -0.900. The van der Waals surface area contributed by atoms with Gasteiger partial charge in [0, 0.05) is 17.8 Å². The molecular formula is C9H8BrN3. The zero-order valence-electron chi connectivity index (χ0n) is 6.94. The molecule has 2 heterocycles. The molecule has 66 valence electrons. The second kappa shape index (κ2) is 2.54. The quantitative estimate of drug-likeness (QED) is 0.763. The fourth-order valence-corrected chi connectivity index (χ4v) is 1.84. The Morgan fingerprint density at radius 2 is 2.31 bits per heavy atom. The van der Waals surface area contributed by atoms with E-state index in [9.17, 15) is 0 Å². The number of hydrogen-bond acceptors (Lipinski definition) is 2. The van der Waals surface area contributed by atoms with Crippen molar-refractivity contribution < 1.29 is 0 Å². The lowest BCUT2D eigenvalue weighted by atomic mass is 10.3. The Morgan fingerprint density at radius 1 is 1.46 bits per heavy atom. The maximum atomic E-state index is 4.48. The molecular weight excluding hydrogens is 230 g/mol. The summed E-state index contributed by atoms with van der Waals surface area (Å²) >= 11 is 3.40. The van der Waals surface area contributed by atoms with Crippen molar-refractivity contribution in [2.45, 2.75) is 18.8 Å². The maximum absolute atomic E-state index is 4.48. The zero-order valence-corrected chi connectivity index (χ0v) is 8.53. The molecule has 0 spiro atoms. The highest BCUT2D eigenvalue weighted by molar-refractivity contribution is 9.10. The van der Waals surface area contributed by atoms with Crippen LogP contribution in [0.15, 0.2) is 23.1 Å². The molecule has 0 radical (unpaired) electrons. The molecule has 4 heteroatoms. The van der Waals surface area contributed by atoms with Gasteiger partial charge in [0.1, 0.15) is 4.60 Å². The van der Waals surface area contributed by atoms with Crippen LogP contribution in [0.25, 0.3) is 5.78 Å². The highest BCUT2D eigenvalue weighted by Gasteiger charge is 2.25. The van der Waals surface area contributed by atoms with Crippen molar-refractivity contribution in [1.29, 1.82) is 0 Å². The lowest BCUT2D eigenvalue weighted by molar-refractivity contribution is 0.977. The van der Waals surface area contributed by atoms with E-state index in [4.69, 9.17) is 0 Å². The molecule has 0 amide bonds. The molecule has 1 aliphatic carbocycles. The first-order chi connectivity index (χ1) is 6.34. The van der Waals surface area contributed by atoms with Crippen LogP contribution in [0, 0.1) is 0 Å². The molecule has 0 N–H and O–H groups in total. The van der Waals surface area contributed by atoms with Gasteiger partial charge < -0.3 is 0 Å². The molecule has 1 saturated carbocycles. The highest BCUT2D eigenvalue weighted by Crippen LogP contribution is 2.38. The van der Waals surface area contributed by atoms with Gasteiger partial charge in [-0.05, 0) is 34.8 Å². The Balaban J connectivity index is 2.21. The fourth-order valence-electron chi connectivity index (χ4n) is 1.46. The van der Waals surface area contributed by atoms with E-state index in [0.717, 1.165) is 10.4 Å². The van der Waals surface area contributed by atoms with E-state index >= 15 is 0 Å². The van der Waals surface area contributed by atoms with Crippen LogP contribution in [-0.2, 0) is 0 Å². The van der Waals surface area contributed by atoms with Crippen LogP contribution in [0.3, 0.4) is 0 Å². The number of halogens is 1. The third kappa shape index (κ3) is 1.16. The average molecular weight is 238 g/mol. The molecule has 3 nitrogen and oxygen atoms in total. The van der Waals surface area contributed by atoms with E-state index < -0.39 is 0 Å². The molecule has 0 unspecified atom stereocenters. The van der Waals surface area contributed by atoms with Crippen molar-refractivity contribution in [3.05, 3.63) is 28.8 Å². The SMILES string of the molecule is Brc1cnc2nc(C3CC3)ccn12. The third-order valence-corrected chi connectivity index (χ3v) is 2.94. The molecule has 1 aliphatic rings. The minimum Gasteiger partial charge on any atom is -0.278 e. The van der Waals surface area contributed by atoms with Gasteiger partial charge in [-0.2, -0.15) is 0 Å². The van der Waals surface area contributed by atoms with E-state index in [-0.39, 0.29) is 0 Å². The predicted molar refractivity (Wildman–Crippen MR) is 52.7 cm³/mol. The van der Waals surface area contributed by atoms with Gasteiger partial charge >= 0.3 is 0 Å². The largest absolute Gasteiger partial charge is 0.278 e. The van der Waals surface area contributed by atoms with E-state index in [1.165, 1.54) is 18.5 Å². The summed E-state index contributed by atoms with van der Waals surface area (Å²) < 4.78 is 2.89. The van der Waals surface area contributed by atoms with Gasteiger partial charge in [0.2, 0.25) is 5.78 Å². The number of fused-ring (bicyclic) bond motifs is 1. The Bertz CT molecular complexity index is 459. The highest BCUT2D eigenvalue weighted by atomic mass is 79.9. The number of hydrogen-bond donors (Lipinski definition) is 0. The fraction of sp³-hybridized carbons (Fsp3) is 0.333. The van der Waals surface area contributed by atoms with E-state index in [0.29, 0.717) is 5.92 Å². The molecule has 1 fully saturated rings. The molecule has 2 aromatic rings. The standard InChI is InChI=1S/C9H8BrN3/c10-8-5-11-9-12-7(6-1-2-6)3-4-13(8)9/h3-6H,1-2H2. The van der Waals surface area contributed by atoms with Crippen LogP contribution in [0.5, 0.6) is 0 Å². The molecule has 0 aliphatic heterocycles. The van der Waals surface area contributed by atoms with Gasteiger partial charge in [-0.3, -0.25) is 4.40 Å². The van der Waals surface area contributed by atoms with Gasteiger partial charge in [-0.25, -0.2) is 9.97 Å². The van der Waals surface area contributed by atoms with Gasteiger partial charge in [0.05, 0.1) is 6.20 Å². The lowest BCUT2D eigenvalue weighted by Crippen LogP contribution is -1.92. The van der Waals surface area contributed by atoms with Crippen LogP contribution in [0.4, 0.5) is 0 Å². The zero-order chi connectivity index (χ0) is 8.84. The minimum atomic E-state index is 0.695. The summed E-state index contributed by atoms with van der Waals surface area (Å²) in [7, 11) is 0. The first-order valence-electron chi connectivity index (χ1n) is 4.34. The van der Waals surface area contributed by atoms with Gasteiger partial charge in [0.25, 0.3) is 0 Å². The maximum Gasteiger partial charge on any atom is 0.234 e. The Labute approximate surface area is 83.9 Å². The van der Waals surface area contributed by atoms with Crippen LogP contribution in [0.1, 0.15) is 24.5 Å². The second-order valence-corrected chi connectivity index (χ2v) is 4.19. The normalized spacial score (nSPS) is 16.7. The summed E-state index contributed by atoms with van der Waals surface area (Å²) in [5.74, 6) is 1.48. The number of aromatic nitrogens is 3. The van der Waals surface area contributed by atoms with Crippen LogP contribution in [-0.4, -0.2) is 14.4 Å². The van der Waals surface area contributed by atoms with Crippen molar-refractivity contribution in [2.75, 3.05) is 0 Å². The second-order valence-electron chi connectivity index (χ2n) is 3.38. The summed E-state index contributed by atoms with van der Waals surface area (Å²) in [5.41, 5.74) is 1.19. The summed E-state index contributed by atoms with van der Waals surface area (Å²) in [5, 5.41) is 0. The summed E-state index contributed by atoms with van der Waals surface area (Å²) in [6.07, 6.45) is 6.36. The van der Waals surface area contributed by atoms with Crippen LogP contribution < -0.4 is 0 Å². The summed E-state index contributed by atoms with van der Waals surface area (Å²) in [4.78, 5) is 8.67. The summed E-state index contributed by atoms with van der Waals surface area (Å²) in [6.45, 7) is 0. The average Bonchev–Trinajstić information content (AvgIpc) is 2.93. The van der Waals surface area contributed by atoms with Gasteiger partial charge in [-0.1, -0.05) is 0 Å². The van der Waals surface area contributed by atoms with Crippen molar-refractivity contribution in [2.24, 2.45) is 0 Å². The first kappa shape index (κ1) is 7.50. The lowest BCUT2D eigenvalue weighted by Gasteiger charge is -1.98. The van der Waals surface area contributed by atoms with E-state index in [2.05, 4.69) is 32.0 Å². The molecule has 13 heavy (non-hydrogen) atoms. The smallest absolute Gasteiger partial charge is 0.234 e. The topological polar surface area (TPSA) is 30.2 Å².